The molecule has 1 rings (SSSR count). The van der Waals surface area contributed by atoms with Gasteiger partial charge >= 0.3 is 0 Å². The fourth-order valence-electron chi connectivity index (χ4n) is 0.916. The monoisotopic (exact) mass is 259 g/mol. The molecule has 0 heterocycles. The van der Waals surface area contributed by atoms with Crippen molar-refractivity contribution in [2.45, 2.75) is 0 Å². The maximum Gasteiger partial charge on any atom is 0.193 e. The van der Waals surface area contributed by atoms with Crippen molar-refractivity contribution in [1.29, 1.82) is 0 Å². The van der Waals surface area contributed by atoms with Gasteiger partial charge in [0.2, 0.25) is 0 Å². The van der Waals surface area contributed by atoms with Crippen molar-refractivity contribution < 1.29 is 4.39 Å². The number of anilines is 1. The number of guanidine groups is 1. The molecular weight excluding hydrogens is 249 g/mol. The average Bonchev–Trinajstić information content (AvgIpc) is 2.15. The van der Waals surface area contributed by atoms with Gasteiger partial charge < -0.3 is 11.1 Å². The minimum atomic E-state index is -0.499. The number of halogens is 2. The number of nitrogens with zero attached hydrogens (tertiary/aromatic N) is 1. The molecule has 0 fully saturated rings. The summed E-state index contributed by atoms with van der Waals surface area (Å²) < 4.78 is 12.7. The first-order valence-electron chi connectivity index (χ1n) is 4.11. The minimum absolute atomic E-state index is 0.0901. The summed E-state index contributed by atoms with van der Waals surface area (Å²) in [7, 11) is 0. The van der Waals surface area contributed by atoms with Crippen molar-refractivity contribution in [1.82, 2.24) is 0 Å². The van der Waals surface area contributed by atoms with Crippen LogP contribution in [-0.4, -0.2) is 19.2 Å². The van der Waals surface area contributed by atoms with Gasteiger partial charge in [-0.25, -0.2) is 4.39 Å². The Morgan fingerprint density at radius 3 is 3.00 bits per heavy atom. The van der Waals surface area contributed by atoms with Crippen molar-refractivity contribution in [3.8, 4) is 0 Å². The average molecular weight is 260 g/mol. The Labute approximate surface area is 90.3 Å². The third-order valence-corrected chi connectivity index (χ3v) is 1.96. The highest BCUT2D eigenvalue weighted by atomic mass is 79.9. The Morgan fingerprint density at radius 1 is 1.57 bits per heavy atom. The van der Waals surface area contributed by atoms with Crippen LogP contribution in [0.3, 0.4) is 0 Å². The van der Waals surface area contributed by atoms with Gasteiger partial charge in [0, 0.05) is 10.2 Å². The number of benzene rings is 1. The number of rotatable bonds is 3. The fraction of sp³-hybridized carbons (Fsp3) is 0.222. The third kappa shape index (κ3) is 3.74. The van der Waals surface area contributed by atoms with E-state index in [9.17, 15) is 4.39 Å². The SMILES string of the molecule is NC(=NCCF)Nc1cccc(Br)c1. The van der Waals surface area contributed by atoms with Gasteiger partial charge in [0.15, 0.2) is 5.96 Å². The maximum atomic E-state index is 11.8. The first-order valence-corrected chi connectivity index (χ1v) is 4.90. The van der Waals surface area contributed by atoms with Crippen molar-refractivity contribution in [2.24, 2.45) is 10.7 Å². The van der Waals surface area contributed by atoms with Crippen LogP contribution in [-0.2, 0) is 0 Å². The second-order valence-corrected chi connectivity index (χ2v) is 3.51. The molecule has 5 heteroatoms. The summed E-state index contributed by atoms with van der Waals surface area (Å²) in [6, 6.07) is 7.48. The standard InChI is InChI=1S/C9H11BrFN3/c10-7-2-1-3-8(6-7)14-9(12)13-5-4-11/h1-3,6H,4-5H2,(H3,12,13,14). The summed E-state index contributed by atoms with van der Waals surface area (Å²) in [6.07, 6.45) is 0. The molecule has 0 atom stereocenters. The van der Waals surface area contributed by atoms with Gasteiger partial charge in [0.1, 0.15) is 6.67 Å². The first-order chi connectivity index (χ1) is 6.72. The second kappa shape index (κ2) is 5.59. The van der Waals surface area contributed by atoms with Crippen molar-refractivity contribution in [2.75, 3.05) is 18.5 Å². The Kier molecular flexibility index (Phi) is 4.39. The summed E-state index contributed by atoms with van der Waals surface area (Å²) in [5, 5.41) is 2.85. The molecule has 0 aliphatic carbocycles. The summed E-state index contributed by atoms with van der Waals surface area (Å²) in [5.41, 5.74) is 6.32. The number of hydrogen-bond donors (Lipinski definition) is 2. The van der Waals surface area contributed by atoms with Crippen LogP contribution >= 0.6 is 15.9 Å². The molecule has 0 saturated carbocycles. The van der Waals surface area contributed by atoms with E-state index in [1.54, 1.807) is 0 Å². The Bertz CT molecular complexity index is 328. The highest BCUT2D eigenvalue weighted by Crippen LogP contribution is 2.15. The molecule has 3 nitrogen and oxygen atoms in total. The van der Waals surface area contributed by atoms with Gasteiger partial charge in [0.25, 0.3) is 0 Å². The van der Waals surface area contributed by atoms with Crippen LogP contribution in [0.4, 0.5) is 10.1 Å². The number of alkyl halides is 1. The van der Waals surface area contributed by atoms with Gasteiger partial charge in [-0.15, -0.1) is 0 Å². The number of aliphatic imine (C=N–C) groups is 1. The Morgan fingerprint density at radius 2 is 2.36 bits per heavy atom. The van der Waals surface area contributed by atoms with E-state index in [2.05, 4.69) is 26.2 Å². The van der Waals surface area contributed by atoms with E-state index in [1.807, 2.05) is 24.3 Å². The van der Waals surface area contributed by atoms with Crippen molar-refractivity contribution in [3.05, 3.63) is 28.7 Å². The molecule has 0 aromatic heterocycles. The van der Waals surface area contributed by atoms with Crippen LogP contribution in [0.2, 0.25) is 0 Å². The highest BCUT2D eigenvalue weighted by molar-refractivity contribution is 9.10. The van der Waals surface area contributed by atoms with Crippen LogP contribution in [0, 0.1) is 0 Å². The van der Waals surface area contributed by atoms with Gasteiger partial charge in [-0.05, 0) is 18.2 Å². The lowest BCUT2D eigenvalue weighted by molar-refractivity contribution is 0.505. The molecule has 0 saturated heterocycles. The van der Waals surface area contributed by atoms with Gasteiger partial charge in [-0.2, -0.15) is 0 Å². The molecule has 1 aromatic rings. The largest absolute Gasteiger partial charge is 0.370 e. The van der Waals surface area contributed by atoms with Crippen LogP contribution in [0.1, 0.15) is 0 Å². The zero-order valence-corrected chi connectivity index (χ0v) is 9.09. The number of hydrogen-bond acceptors (Lipinski definition) is 1. The normalized spacial score (nSPS) is 11.4. The van der Waals surface area contributed by atoms with Crippen molar-refractivity contribution in [3.63, 3.8) is 0 Å². The molecule has 1 aromatic carbocycles. The molecule has 0 amide bonds. The molecule has 0 aliphatic heterocycles. The molecule has 14 heavy (non-hydrogen) atoms. The lowest BCUT2D eigenvalue weighted by Crippen LogP contribution is -2.22. The maximum absolute atomic E-state index is 11.8. The first kappa shape index (κ1) is 11.0. The summed E-state index contributed by atoms with van der Waals surface area (Å²) in [4.78, 5) is 3.76. The number of nitrogens with two attached hydrogens (primary N) is 1. The Hall–Kier alpha value is -1.10. The topological polar surface area (TPSA) is 50.4 Å². The van der Waals surface area contributed by atoms with Crippen LogP contribution in [0.25, 0.3) is 0 Å². The third-order valence-electron chi connectivity index (χ3n) is 1.46. The van der Waals surface area contributed by atoms with Gasteiger partial charge in [-0.3, -0.25) is 4.99 Å². The molecular formula is C9H11BrFN3. The van der Waals surface area contributed by atoms with Crippen LogP contribution in [0.15, 0.2) is 33.7 Å². The Balaban J connectivity index is 2.60. The van der Waals surface area contributed by atoms with E-state index >= 15 is 0 Å². The van der Waals surface area contributed by atoms with E-state index < -0.39 is 6.67 Å². The lowest BCUT2D eigenvalue weighted by atomic mass is 10.3. The molecule has 0 radical (unpaired) electrons. The predicted octanol–water partition coefficient (Wildman–Crippen LogP) is 2.15. The van der Waals surface area contributed by atoms with E-state index in [4.69, 9.17) is 5.73 Å². The molecule has 3 N–H and O–H groups in total. The van der Waals surface area contributed by atoms with E-state index in [0.29, 0.717) is 0 Å². The zero-order valence-electron chi connectivity index (χ0n) is 7.50. The van der Waals surface area contributed by atoms with Gasteiger partial charge in [0.05, 0.1) is 6.54 Å². The van der Waals surface area contributed by atoms with E-state index in [0.717, 1.165) is 10.2 Å². The summed E-state index contributed by atoms with van der Waals surface area (Å²) in [6.45, 7) is -0.409. The van der Waals surface area contributed by atoms with Crippen molar-refractivity contribution >= 4 is 27.6 Å². The zero-order chi connectivity index (χ0) is 10.4. The summed E-state index contributed by atoms with van der Waals surface area (Å²) >= 11 is 3.32. The van der Waals surface area contributed by atoms with Crippen LogP contribution < -0.4 is 11.1 Å². The smallest absolute Gasteiger partial charge is 0.193 e. The molecule has 0 spiro atoms. The molecule has 0 unspecified atom stereocenters. The fourth-order valence-corrected chi connectivity index (χ4v) is 1.32. The predicted molar refractivity (Wildman–Crippen MR) is 60.2 cm³/mol. The summed E-state index contributed by atoms with van der Waals surface area (Å²) in [5.74, 6) is 0.223. The minimum Gasteiger partial charge on any atom is -0.370 e. The van der Waals surface area contributed by atoms with Crippen LogP contribution in [0.5, 0.6) is 0 Å². The molecule has 0 aliphatic rings. The number of nitrogens with one attached hydrogen (secondary N) is 1. The lowest BCUT2D eigenvalue weighted by Gasteiger charge is -2.04. The van der Waals surface area contributed by atoms with E-state index in [1.165, 1.54) is 0 Å². The van der Waals surface area contributed by atoms with E-state index in [-0.39, 0.29) is 12.5 Å². The quantitative estimate of drug-likeness (QED) is 0.646. The second-order valence-electron chi connectivity index (χ2n) is 2.59. The molecule has 0 bridgehead atoms. The van der Waals surface area contributed by atoms with Gasteiger partial charge in [-0.1, -0.05) is 22.0 Å². The highest BCUT2D eigenvalue weighted by Gasteiger charge is 1.94. The molecule has 76 valence electrons.